The number of nitrogens with two attached hydrogens (primary N) is 1. The number of amides is 1. The topological polar surface area (TPSA) is 82.8 Å². The van der Waals surface area contributed by atoms with E-state index in [1.165, 1.54) is 0 Å². The summed E-state index contributed by atoms with van der Waals surface area (Å²) in [5, 5.41) is 2.74. The van der Waals surface area contributed by atoms with Crippen LogP contribution in [0.4, 0.5) is 5.69 Å². The third-order valence-electron chi connectivity index (χ3n) is 2.64. The van der Waals surface area contributed by atoms with Gasteiger partial charge in [0.15, 0.2) is 6.61 Å². The lowest BCUT2D eigenvalue weighted by atomic mass is 10.3. The highest BCUT2D eigenvalue weighted by molar-refractivity contribution is 5.77. The van der Waals surface area contributed by atoms with Gasteiger partial charge in [0, 0.05) is 18.3 Å². The fourth-order valence-electron chi connectivity index (χ4n) is 1.69. The Bertz CT molecular complexity index is 419. The number of hydrogen-bond acceptors (Lipinski definition) is 5. The van der Waals surface area contributed by atoms with E-state index in [1.54, 1.807) is 24.3 Å². The van der Waals surface area contributed by atoms with Gasteiger partial charge in [0.25, 0.3) is 5.91 Å². The number of carbonyl (C=O) groups is 1. The molecule has 6 nitrogen and oxygen atoms in total. The average Bonchev–Trinajstić information content (AvgIpc) is 2.44. The number of nitrogens with one attached hydrogen (secondary N) is 1. The van der Waals surface area contributed by atoms with E-state index in [2.05, 4.69) is 5.32 Å². The summed E-state index contributed by atoms with van der Waals surface area (Å²) in [6.45, 7) is 2.08. The summed E-state index contributed by atoms with van der Waals surface area (Å²) >= 11 is 0. The molecule has 1 heterocycles. The van der Waals surface area contributed by atoms with Crippen LogP contribution in [0, 0.1) is 0 Å². The van der Waals surface area contributed by atoms with Crippen molar-refractivity contribution in [3.8, 4) is 5.75 Å². The molecule has 1 fully saturated rings. The second kappa shape index (κ2) is 6.96. The lowest BCUT2D eigenvalue weighted by Crippen LogP contribution is -2.41. The molecule has 104 valence electrons. The first-order valence-corrected chi connectivity index (χ1v) is 6.18. The summed E-state index contributed by atoms with van der Waals surface area (Å²) in [5.41, 5.74) is 6.21. The van der Waals surface area contributed by atoms with Crippen LogP contribution < -0.4 is 15.8 Å². The number of nitrogen functional groups attached to an aromatic ring is 1. The summed E-state index contributed by atoms with van der Waals surface area (Å²) in [7, 11) is 0. The van der Waals surface area contributed by atoms with E-state index in [9.17, 15) is 4.79 Å². The van der Waals surface area contributed by atoms with Gasteiger partial charge in [-0.25, -0.2) is 0 Å². The maximum absolute atomic E-state index is 11.6. The van der Waals surface area contributed by atoms with Crippen LogP contribution in [0.3, 0.4) is 0 Å². The Kier molecular flexibility index (Phi) is 5.00. The van der Waals surface area contributed by atoms with Gasteiger partial charge in [0.1, 0.15) is 5.75 Å². The lowest BCUT2D eigenvalue weighted by Gasteiger charge is -2.23. The van der Waals surface area contributed by atoms with Gasteiger partial charge < -0.3 is 25.3 Å². The predicted molar refractivity (Wildman–Crippen MR) is 69.9 cm³/mol. The lowest BCUT2D eigenvalue weighted by molar-refractivity contribution is -0.125. The molecule has 0 spiro atoms. The van der Waals surface area contributed by atoms with E-state index in [0.717, 1.165) is 0 Å². The smallest absolute Gasteiger partial charge is 0.258 e. The van der Waals surface area contributed by atoms with Crippen molar-refractivity contribution in [2.75, 3.05) is 38.7 Å². The molecule has 6 heteroatoms. The molecule has 1 amide bonds. The summed E-state index contributed by atoms with van der Waals surface area (Å²) in [6, 6.07) is 6.95. The maximum Gasteiger partial charge on any atom is 0.258 e. The summed E-state index contributed by atoms with van der Waals surface area (Å²) in [4.78, 5) is 11.6. The Morgan fingerprint density at radius 2 is 2.37 bits per heavy atom. The molecule has 0 aliphatic carbocycles. The van der Waals surface area contributed by atoms with Crippen LogP contribution in [0.5, 0.6) is 5.75 Å². The normalized spacial score (nSPS) is 18.8. The van der Waals surface area contributed by atoms with Crippen LogP contribution in [0.15, 0.2) is 24.3 Å². The molecule has 1 aromatic rings. The Morgan fingerprint density at radius 3 is 3.11 bits per heavy atom. The molecule has 1 aromatic carbocycles. The van der Waals surface area contributed by atoms with Crippen molar-refractivity contribution in [2.24, 2.45) is 0 Å². The van der Waals surface area contributed by atoms with E-state index in [4.69, 9.17) is 19.9 Å². The van der Waals surface area contributed by atoms with Crippen LogP contribution >= 0.6 is 0 Å². The zero-order chi connectivity index (χ0) is 13.5. The summed E-state index contributed by atoms with van der Waals surface area (Å²) < 4.78 is 16.0. The molecule has 1 aliphatic heterocycles. The SMILES string of the molecule is Nc1cccc(OCC(=O)NCC2COCCO2)c1. The van der Waals surface area contributed by atoms with Crippen LogP contribution in [-0.2, 0) is 14.3 Å². The van der Waals surface area contributed by atoms with Crippen molar-refractivity contribution in [3.63, 3.8) is 0 Å². The molecule has 1 aliphatic rings. The highest BCUT2D eigenvalue weighted by Gasteiger charge is 2.15. The Hall–Kier alpha value is -1.79. The molecule has 1 unspecified atom stereocenters. The first-order chi connectivity index (χ1) is 9.24. The molecule has 3 N–H and O–H groups in total. The molecule has 0 aromatic heterocycles. The highest BCUT2D eigenvalue weighted by atomic mass is 16.6. The Balaban J connectivity index is 1.66. The van der Waals surface area contributed by atoms with Gasteiger partial charge in [0.2, 0.25) is 0 Å². The third kappa shape index (κ3) is 4.76. The molecule has 0 radical (unpaired) electrons. The van der Waals surface area contributed by atoms with Gasteiger partial charge in [-0.05, 0) is 12.1 Å². The minimum absolute atomic E-state index is 0.0446. The molecule has 2 rings (SSSR count). The largest absolute Gasteiger partial charge is 0.484 e. The Morgan fingerprint density at radius 1 is 1.47 bits per heavy atom. The van der Waals surface area contributed by atoms with Crippen LogP contribution in [0.25, 0.3) is 0 Å². The monoisotopic (exact) mass is 266 g/mol. The van der Waals surface area contributed by atoms with Crippen LogP contribution in [0.1, 0.15) is 0 Å². The maximum atomic E-state index is 11.6. The van der Waals surface area contributed by atoms with Crippen molar-refractivity contribution < 1.29 is 19.0 Å². The molecular weight excluding hydrogens is 248 g/mol. The first-order valence-electron chi connectivity index (χ1n) is 6.18. The molecule has 0 saturated carbocycles. The minimum atomic E-state index is -0.198. The summed E-state index contributed by atoms with van der Waals surface area (Å²) in [6.07, 6.45) is -0.0786. The zero-order valence-corrected chi connectivity index (χ0v) is 10.6. The molecule has 1 atom stereocenters. The quantitative estimate of drug-likeness (QED) is 0.743. The molecule has 1 saturated heterocycles. The van der Waals surface area contributed by atoms with Crippen molar-refractivity contribution in [1.82, 2.24) is 5.32 Å². The predicted octanol–water partition coefficient (Wildman–Crippen LogP) is 0.179. The van der Waals surface area contributed by atoms with Gasteiger partial charge in [0.05, 0.1) is 25.9 Å². The van der Waals surface area contributed by atoms with Crippen molar-refractivity contribution in [2.45, 2.75) is 6.10 Å². The number of benzene rings is 1. The second-order valence-electron chi connectivity index (χ2n) is 4.23. The fraction of sp³-hybridized carbons (Fsp3) is 0.462. The van der Waals surface area contributed by atoms with E-state index >= 15 is 0 Å². The number of carbonyl (C=O) groups excluding carboxylic acids is 1. The van der Waals surface area contributed by atoms with Crippen LogP contribution in [0.2, 0.25) is 0 Å². The number of hydrogen-bond donors (Lipinski definition) is 2. The van der Waals surface area contributed by atoms with Crippen molar-refractivity contribution in [3.05, 3.63) is 24.3 Å². The van der Waals surface area contributed by atoms with Crippen molar-refractivity contribution >= 4 is 11.6 Å². The van der Waals surface area contributed by atoms with Gasteiger partial charge in [-0.3, -0.25) is 4.79 Å². The second-order valence-corrected chi connectivity index (χ2v) is 4.23. The van der Waals surface area contributed by atoms with Gasteiger partial charge in [-0.2, -0.15) is 0 Å². The molecular formula is C13H18N2O4. The van der Waals surface area contributed by atoms with Crippen molar-refractivity contribution in [1.29, 1.82) is 0 Å². The van der Waals surface area contributed by atoms with Crippen LogP contribution in [-0.4, -0.2) is 45.0 Å². The first kappa shape index (κ1) is 13.6. The van der Waals surface area contributed by atoms with Gasteiger partial charge in [-0.1, -0.05) is 6.07 Å². The number of rotatable bonds is 5. The number of ether oxygens (including phenoxy) is 3. The van der Waals surface area contributed by atoms with Gasteiger partial charge >= 0.3 is 0 Å². The standard InChI is InChI=1S/C13H18N2O4/c14-10-2-1-3-11(6-10)19-9-13(16)15-7-12-8-17-4-5-18-12/h1-3,6,12H,4-5,7-9,14H2,(H,15,16). The Labute approximate surface area is 111 Å². The highest BCUT2D eigenvalue weighted by Crippen LogP contribution is 2.13. The number of anilines is 1. The van der Waals surface area contributed by atoms with Gasteiger partial charge in [-0.15, -0.1) is 0 Å². The zero-order valence-electron chi connectivity index (χ0n) is 10.6. The average molecular weight is 266 g/mol. The van der Waals surface area contributed by atoms with E-state index < -0.39 is 0 Å². The van der Waals surface area contributed by atoms with E-state index in [0.29, 0.717) is 37.8 Å². The summed E-state index contributed by atoms with van der Waals surface area (Å²) in [5.74, 6) is 0.379. The third-order valence-corrected chi connectivity index (χ3v) is 2.64. The molecule has 0 bridgehead atoms. The van der Waals surface area contributed by atoms with E-state index in [-0.39, 0.29) is 18.6 Å². The van der Waals surface area contributed by atoms with E-state index in [1.807, 2.05) is 0 Å². The molecule has 19 heavy (non-hydrogen) atoms. The minimum Gasteiger partial charge on any atom is -0.484 e. The fourth-order valence-corrected chi connectivity index (χ4v) is 1.69.